The summed E-state index contributed by atoms with van der Waals surface area (Å²) in [6.45, 7) is 23.3. The Hall–Kier alpha value is -2.90. The van der Waals surface area contributed by atoms with Crippen LogP contribution in [-0.2, 0) is 16.0 Å². The summed E-state index contributed by atoms with van der Waals surface area (Å²) in [5.41, 5.74) is 9.37. The molecule has 1 aromatic carbocycles. The van der Waals surface area contributed by atoms with E-state index in [-0.39, 0.29) is 5.78 Å². The highest BCUT2D eigenvalue weighted by Crippen LogP contribution is 2.42. The molecule has 4 heteroatoms. The van der Waals surface area contributed by atoms with Crippen LogP contribution in [0.5, 0.6) is 0 Å². The van der Waals surface area contributed by atoms with Crippen molar-refractivity contribution < 1.29 is 9.53 Å². The largest absolute Gasteiger partial charge is 0.379 e. The van der Waals surface area contributed by atoms with Gasteiger partial charge in [-0.2, -0.15) is 5.10 Å². The molecule has 0 spiro atoms. The Balaban J connectivity index is 0.000000293. The van der Waals surface area contributed by atoms with E-state index < -0.39 is 0 Å². The summed E-state index contributed by atoms with van der Waals surface area (Å²) < 4.78 is 7.39. The second-order valence-electron chi connectivity index (χ2n) is 9.57. The maximum absolute atomic E-state index is 9.87. The van der Waals surface area contributed by atoms with Crippen LogP contribution in [-0.4, -0.2) is 28.8 Å². The summed E-state index contributed by atoms with van der Waals surface area (Å²) >= 11 is 0. The van der Waals surface area contributed by atoms with Gasteiger partial charge in [0.15, 0.2) is 0 Å². The first kappa shape index (κ1) is 32.1. The van der Waals surface area contributed by atoms with E-state index in [1.807, 2.05) is 37.6 Å². The number of carbonyl (C=O) groups is 1. The summed E-state index contributed by atoms with van der Waals surface area (Å²) in [5.74, 6) is 5.61. The second-order valence-corrected chi connectivity index (χ2v) is 9.57. The van der Waals surface area contributed by atoms with Gasteiger partial charge in [0, 0.05) is 19.7 Å². The number of nitrogens with zero attached hydrogens (tertiary/aromatic N) is 2. The van der Waals surface area contributed by atoms with E-state index in [0.29, 0.717) is 6.04 Å². The number of ketones is 1. The molecule has 1 aromatic heterocycles. The molecule has 37 heavy (non-hydrogen) atoms. The van der Waals surface area contributed by atoms with Crippen LogP contribution < -0.4 is 0 Å². The molecule has 0 unspecified atom stereocenters. The van der Waals surface area contributed by atoms with Gasteiger partial charge < -0.3 is 4.74 Å². The highest BCUT2D eigenvalue weighted by molar-refractivity contribution is 5.93. The summed E-state index contributed by atoms with van der Waals surface area (Å²) in [6, 6.07) is 5.19. The Kier molecular flexibility index (Phi) is 14.6. The zero-order valence-electron chi connectivity index (χ0n) is 24.7. The average molecular weight is 505 g/mol. The van der Waals surface area contributed by atoms with Crippen LogP contribution in [0.1, 0.15) is 106 Å². The Morgan fingerprint density at radius 3 is 2.27 bits per heavy atom. The molecule has 2 aromatic rings. The summed E-state index contributed by atoms with van der Waals surface area (Å²) in [7, 11) is 0. The normalized spacial score (nSPS) is 15.8. The fourth-order valence-corrected chi connectivity index (χ4v) is 4.11. The topological polar surface area (TPSA) is 44.1 Å². The molecule has 2 heterocycles. The molecule has 2 aliphatic rings. The van der Waals surface area contributed by atoms with Gasteiger partial charge in [0.1, 0.15) is 0 Å². The van der Waals surface area contributed by atoms with E-state index in [1.54, 1.807) is 12.5 Å². The lowest BCUT2D eigenvalue weighted by molar-refractivity contribution is -0.111. The van der Waals surface area contributed by atoms with Gasteiger partial charge >= 0.3 is 0 Å². The molecule has 2 fully saturated rings. The second kappa shape index (κ2) is 16.8. The third-order valence-corrected chi connectivity index (χ3v) is 6.18. The molecule has 1 saturated carbocycles. The molecule has 1 atom stereocenters. The average Bonchev–Trinajstić information content (AvgIpc) is 3.40. The van der Waals surface area contributed by atoms with Crippen LogP contribution in [0, 0.1) is 32.6 Å². The van der Waals surface area contributed by atoms with Crippen LogP contribution >= 0.6 is 0 Å². The molecule has 1 aliphatic carbocycles. The minimum atomic E-state index is -0.0718. The van der Waals surface area contributed by atoms with E-state index in [4.69, 9.17) is 4.74 Å². The number of benzene rings is 1. The van der Waals surface area contributed by atoms with E-state index in [9.17, 15) is 4.79 Å². The highest BCUT2D eigenvalue weighted by atomic mass is 16.5. The predicted molar refractivity (Wildman–Crippen MR) is 158 cm³/mol. The molecule has 1 saturated heterocycles. The van der Waals surface area contributed by atoms with Crippen LogP contribution in [0.3, 0.4) is 0 Å². The maximum atomic E-state index is 9.87. The number of aromatic nitrogens is 2. The van der Waals surface area contributed by atoms with Gasteiger partial charge in [-0.3, -0.25) is 9.48 Å². The van der Waals surface area contributed by atoms with Gasteiger partial charge in [0.25, 0.3) is 0 Å². The van der Waals surface area contributed by atoms with Gasteiger partial charge in [-0.25, -0.2) is 0 Å². The maximum Gasteiger partial charge on any atom is 0.202 e. The summed E-state index contributed by atoms with van der Waals surface area (Å²) in [6.07, 6.45) is 11.2. The fraction of sp³-hybridized carbons (Fsp3) is 0.515. The first-order chi connectivity index (χ1) is 17.7. The number of hydrogen-bond donors (Lipinski definition) is 0. The lowest BCUT2D eigenvalue weighted by Gasteiger charge is -2.10. The molecule has 4 nitrogen and oxygen atoms in total. The minimum Gasteiger partial charge on any atom is -0.379 e. The first-order valence-corrected chi connectivity index (χ1v) is 13.7. The van der Waals surface area contributed by atoms with Crippen LogP contribution in [0.4, 0.5) is 0 Å². The zero-order valence-corrected chi connectivity index (χ0v) is 24.7. The van der Waals surface area contributed by atoms with Gasteiger partial charge in [-0.15, -0.1) is 0 Å². The summed E-state index contributed by atoms with van der Waals surface area (Å²) in [5, 5.41) is 4.57. The number of ether oxygens (including phenoxy) is 1. The monoisotopic (exact) mass is 504 g/mol. The van der Waals surface area contributed by atoms with Crippen molar-refractivity contribution in [3.63, 3.8) is 0 Å². The molecule has 1 aliphatic heterocycles. The van der Waals surface area contributed by atoms with Gasteiger partial charge in [0.2, 0.25) is 5.78 Å². The van der Waals surface area contributed by atoms with Crippen molar-refractivity contribution in [2.24, 2.45) is 0 Å². The quantitative estimate of drug-likeness (QED) is 0.235. The SMILES string of the molecule is C=C(C)/C=C\c1nn([C@H]2CCOC2)cc1C.CC.CC#CC(C)=O.CCc1cc(C2CC2)c(C)cc1C. The molecule has 0 N–H and O–H groups in total. The van der Waals surface area contributed by atoms with Crippen molar-refractivity contribution in [2.45, 2.75) is 100.0 Å². The number of Topliss-reactive ketones (excluding diaryl/α,β-unsaturated/α-hetero) is 1. The van der Waals surface area contributed by atoms with E-state index in [0.717, 1.165) is 36.8 Å². The Labute approximate surface area is 226 Å². The molecule has 4 rings (SSSR count). The van der Waals surface area contributed by atoms with E-state index in [2.05, 4.69) is 69.5 Å². The van der Waals surface area contributed by atoms with Crippen LogP contribution in [0.25, 0.3) is 6.08 Å². The summed E-state index contributed by atoms with van der Waals surface area (Å²) in [4.78, 5) is 9.87. The number of rotatable bonds is 5. The molecule has 0 bridgehead atoms. The van der Waals surface area contributed by atoms with Crippen LogP contribution in [0.15, 0.2) is 36.6 Å². The van der Waals surface area contributed by atoms with E-state index >= 15 is 0 Å². The highest BCUT2D eigenvalue weighted by Gasteiger charge is 2.25. The van der Waals surface area contributed by atoms with E-state index in [1.165, 1.54) is 48.4 Å². The third-order valence-electron chi connectivity index (χ3n) is 6.18. The lowest BCUT2D eigenvalue weighted by atomic mass is 9.96. The molecule has 202 valence electrons. The Morgan fingerprint density at radius 1 is 1.14 bits per heavy atom. The Morgan fingerprint density at radius 2 is 1.81 bits per heavy atom. The third kappa shape index (κ3) is 11.4. The molecule has 0 radical (unpaired) electrons. The number of carbonyl (C=O) groups excluding carboxylic acids is 1. The number of allylic oxidation sites excluding steroid dienone is 2. The lowest BCUT2D eigenvalue weighted by Crippen LogP contribution is -2.08. The number of aryl methyl sites for hydroxylation is 4. The smallest absolute Gasteiger partial charge is 0.202 e. The van der Waals surface area contributed by atoms with Gasteiger partial charge in [0.05, 0.1) is 18.3 Å². The molecule has 0 amide bonds. The molecular weight excluding hydrogens is 456 g/mol. The standard InChI is InChI=1S/C13H18N2O.C13H18.C5H6O.C2H6/c1-10(2)4-5-13-11(3)8-15(14-13)12-6-7-16-9-12;1-4-11-8-13(12-5-6-12)10(3)7-9(11)2;1-3-4-5(2)6;1-2/h4-5,8,12H,1,6-7,9H2,2-3H3;7-8,12H,4-6H2,1-3H3;1-2H3;1-2H3/b5-4-;;;/t12-;;;/m0.../s1. The van der Waals surface area contributed by atoms with Gasteiger partial charge in [-0.1, -0.05) is 57.1 Å². The van der Waals surface area contributed by atoms with Crippen molar-refractivity contribution >= 4 is 11.9 Å². The molecular formula is C33H48N2O2. The van der Waals surface area contributed by atoms with Crippen molar-refractivity contribution in [1.29, 1.82) is 0 Å². The van der Waals surface area contributed by atoms with Gasteiger partial charge in [-0.05, 0) is 106 Å². The first-order valence-electron chi connectivity index (χ1n) is 13.7. The predicted octanol–water partition coefficient (Wildman–Crippen LogP) is 8.11. The zero-order chi connectivity index (χ0) is 28.0. The minimum absolute atomic E-state index is 0.0718. The van der Waals surface area contributed by atoms with Crippen LogP contribution in [0.2, 0.25) is 0 Å². The van der Waals surface area contributed by atoms with Crippen molar-refractivity contribution in [3.05, 3.63) is 70.1 Å². The van der Waals surface area contributed by atoms with Crippen molar-refractivity contribution in [1.82, 2.24) is 9.78 Å². The van der Waals surface area contributed by atoms with Crippen molar-refractivity contribution in [2.75, 3.05) is 13.2 Å². The van der Waals surface area contributed by atoms with Crippen molar-refractivity contribution in [3.8, 4) is 11.8 Å². The number of hydrogen-bond acceptors (Lipinski definition) is 3. The Bertz CT molecular complexity index is 1100. The fourth-order valence-electron chi connectivity index (χ4n) is 4.11.